The number of ether oxygens (including phenoxy) is 1. The van der Waals surface area contributed by atoms with Crippen molar-refractivity contribution in [2.45, 2.75) is 24.7 Å². The molecule has 90 valence electrons. The Kier molecular flexibility index (Phi) is 1.97. The molecule has 0 atom stereocenters. The fraction of sp³-hybridized carbons (Fsp3) is 0.417. The monoisotopic (exact) mass is 240 g/mol. The summed E-state index contributed by atoms with van der Waals surface area (Å²) in [4.78, 5) is 11.2. The summed E-state index contributed by atoms with van der Waals surface area (Å²) in [6.07, 6.45) is 1.12. The Morgan fingerprint density at radius 1 is 1.35 bits per heavy atom. The number of aliphatic carboxylic acids is 1. The average Bonchev–Trinajstić information content (AvgIpc) is 2.89. The van der Waals surface area contributed by atoms with Gasteiger partial charge in [-0.1, -0.05) is 0 Å². The molecule has 1 aromatic rings. The number of carbonyl (C=O) groups is 1. The molecule has 0 bridgehead atoms. The van der Waals surface area contributed by atoms with Crippen LogP contribution < -0.4 is 4.74 Å². The van der Waals surface area contributed by atoms with Gasteiger partial charge >= 0.3 is 5.97 Å². The van der Waals surface area contributed by atoms with Gasteiger partial charge in [-0.2, -0.15) is 0 Å². The van der Waals surface area contributed by atoms with Crippen molar-refractivity contribution in [1.29, 1.82) is 0 Å². The molecule has 3 nitrogen and oxygen atoms in total. The van der Waals surface area contributed by atoms with Gasteiger partial charge in [0.25, 0.3) is 0 Å². The zero-order chi connectivity index (χ0) is 12.2. The van der Waals surface area contributed by atoms with Crippen LogP contribution in [0.1, 0.15) is 24.0 Å². The van der Waals surface area contributed by atoms with E-state index in [1.165, 1.54) is 0 Å². The smallest absolute Gasteiger partial charge is 0.314 e. The van der Waals surface area contributed by atoms with Crippen LogP contribution in [0.15, 0.2) is 6.07 Å². The van der Waals surface area contributed by atoms with Crippen molar-refractivity contribution in [3.63, 3.8) is 0 Å². The van der Waals surface area contributed by atoms with Gasteiger partial charge < -0.3 is 9.84 Å². The summed E-state index contributed by atoms with van der Waals surface area (Å²) in [6.45, 7) is 0.276. The molecule has 0 spiro atoms. The molecular weight excluding hydrogens is 230 g/mol. The zero-order valence-corrected chi connectivity index (χ0v) is 8.93. The van der Waals surface area contributed by atoms with Gasteiger partial charge in [-0.3, -0.25) is 4.79 Å². The predicted octanol–water partition coefficient (Wildman–Crippen LogP) is 2.02. The summed E-state index contributed by atoms with van der Waals surface area (Å²) < 4.78 is 32.5. The van der Waals surface area contributed by atoms with Crippen LogP contribution in [0.25, 0.3) is 0 Å². The quantitative estimate of drug-likeness (QED) is 0.860. The summed E-state index contributed by atoms with van der Waals surface area (Å²) in [7, 11) is 0. The van der Waals surface area contributed by atoms with Crippen LogP contribution in [0.2, 0.25) is 0 Å². The molecule has 1 aromatic carbocycles. The fourth-order valence-corrected chi connectivity index (χ4v) is 2.43. The number of halogens is 2. The highest BCUT2D eigenvalue weighted by atomic mass is 19.1. The van der Waals surface area contributed by atoms with Gasteiger partial charge in [0, 0.05) is 23.6 Å². The Hall–Kier alpha value is -1.65. The molecular formula is C12H10F2O3. The van der Waals surface area contributed by atoms with E-state index in [0.717, 1.165) is 6.07 Å². The van der Waals surface area contributed by atoms with Crippen molar-refractivity contribution in [2.24, 2.45) is 0 Å². The van der Waals surface area contributed by atoms with Crippen molar-refractivity contribution in [1.82, 2.24) is 0 Å². The van der Waals surface area contributed by atoms with Crippen molar-refractivity contribution < 1.29 is 23.4 Å². The number of carboxylic acids is 1. The van der Waals surface area contributed by atoms with Crippen LogP contribution >= 0.6 is 0 Å². The minimum absolute atomic E-state index is 0.0268. The van der Waals surface area contributed by atoms with Crippen LogP contribution in [-0.4, -0.2) is 17.7 Å². The maximum absolute atomic E-state index is 13.8. The number of benzene rings is 1. The Bertz CT molecular complexity index is 521. The van der Waals surface area contributed by atoms with Gasteiger partial charge in [0.05, 0.1) is 12.0 Å². The van der Waals surface area contributed by atoms with Gasteiger partial charge in [0.2, 0.25) is 0 Å². The molecule has 5 heteroatoms. The van der Waals surface area contributed by atoms with Gasteiger partial charge in [0.1, 0.15) is 17.4 Å². The Morgan fingerprint density at radius 3 is 2.65 bits per heavy atom. The lowest BCUT2D eigenvalue weighted by atomic mass is 9.92. The van der Waals surface area contributed by atoms with E-state index in [4.69, 9.17) is 9.84 Å². The van der Waals surface area contributed by atoms with Crippen LogP contribution in [0, 0.1) is 11.6 Å². The molecule has 1 N–H and O–H groups in total. The van der Waals surface area contributed by atoms with E-state index in [1.807, 2.05) is 0 Å². The minimum atomic E-state index is -1.20. The van der Waals surface area contributed by atoms with Crippen LogP contribution in [0.5, 0.6) is 5.75 Å². The number of carboxylic acid groups (broad SMARTS) is 1. The van der Waals surface area contributed by atoms with Gasteiger partial charge in [0.15, 0.2) is 0 Å². The van der Waals surface area contributed by atoms with Crippen molar-refractivity contribution in [2.75, 3.05) is 6.61 Å². The summed E-state index contributed by atoms with van der Waals surface area (Å²) in [5.41, 5.74) is -0.875. The molecule has 0 radical (unpaired) electrons. The van der Waals surface area contributed by atoms with E-state index in [1.54, 1.807) is 0 Å². The molecule has 0 unspecified atom stereocenters. The first kappa shape index (κ1) is 10.5. The second kappa shape index (κ2) is 3.18. The van der Waals surface area contributed by atoms with E-state index in [0.29, 0.717) is 24.8 Å². The normalized spacial score (nSPS) is 19.6. The molecule has 0 saturated heterocycles. The second-order valence-electron chi connectivity index (χ2n) is 4.51. The van der Waals surface area contributed by atoms with Crippen LogP contribution in [-0.2, 0) is 16.6 Å². The highest BCUT2D eigenvalue weighted by Gasteiger charge is 2.56. The van der Waals surface area contributed by atoms with E-state index in [-0.39, 0.29) is 17.9 Å². The highest BCUT2D eigenvalue weighted by molar-refractivity contribution is 5.86. The molecule has 1 aliphatic carbocycles. The summed E-state index contributed by atoms with van der Waals surface area (Å²) in [5, 5.41) is 9.17. The Labute approximate surface area is 96.0 Å². The molecule has 0 aromatic heterocycles. The average molecular weight is 240 g/mol. The minimum Gasteiger partial charge on any atom is -0.492 e. The maximum atomic E-state index is 13.8. The van der Waals surface area contributed by atoms with E-state index in [9.17, 15) is 13.6 Å². The third-order valence-corrected chi connectivity index (χ3v) is 3.52. The molecule has 3 rings (SSSR count). The molecule has 1 fully saturated rings. The number of fused-ring (bicyclic) bond motifs is 1. The molecule has 2 aliphatic rings. The summed E-state index contributed by atoms with van der Waals surface area (Å²) in [5.74, 6) is -2.42. The third kappa shape index (κ3) is 1.28. The molecule has 0 amide bonds. The second-order valence-corrected chi connectivity index (χ2v) is 4.51. The fourth-order valence-electron chi connectivity index (χ4n) is 2.43. The number of rotatable bonds is 2. The first-order chi connectivity index (χ1) is 8.06. The van der Waals surface area contributed by atoms with E-state index in [2.05, 4.69) is 0 Å². The van der Waals surface area contributed by atoms with Crippen LogP contribution in [0.3, 0.4) is 0 Å². The topological polar surface area (TPSA) is 46.5 Å². The van der Waals surface area contributed by atoms with Gasteiger partial charge in [-0.05, 0) is 12.8 Å². The predicted molar refractivity (Wildman–Crippen MR) is 54.1 cm³/mol. The lowest BCUT2D eigenvalue weighted by Gasteiger charge is -2.15. The molecule has 1 saturated carbocycles. The van der Waals surface area contributed by atoms with E-state index >= 15 is 0 Å². The third-order valence-electron chi connectivity index (χ3n) is 3.52. The summed E-state index contributed by atoms with van der Waals surface area (Å²) in [6, 6.07) is 0.770. The van der Waals surface area contributed by atoms with Crippen molar-refractivity contribution in [3.05, 3.63) is 28.8 Å². The van der Waals surface area contributed by atoms with E-state index < -0.39 is 23.0 Å². The van der Waals surface area contributed by atoms with Gasteiger partial charge in [-0.25, -0.2) is 8.78 Å². The standard InChI is InChI=1S/C12H10F2O3/c13-7-5-8(14)9(10-6(7)1-4-17-10)12(2-3-12)11(15)16/h5H,1-4H2,(H,15,16). The first-order valence-corrected chi connectivity index (χ1v) is 5.44. The van der Waals surface area contributed by atoms with Crippen LogP contribution in [0.4, 0.5) is 8.78 Å². The van der Waals surface area contributed by atoms with Crippen molar-refractivity contribution in [3.8, 4) is 5.75 Å². The number of hydrogen-bond donors (Lipinski definition) is 1. The Morgan fingerprint density at radius 2 is 2.06 bits per heavy atom. The SMILES string of the molecule is O=C(O)C1(c2c(F)cc(F)c3c2OCC3)CC1. The molecule has 1 aliphatic heterocycles. The van der Waals surface area contributed by atoms with Gasteiger partial charge in [-0.15, -0.1) is 0 Å². The Balaban J connectivity index is 2.24. The molecule has 17 heavy (non-hydrogen) atoms. The zero-order valence-electron chi connectivity index (χ0n) is 8.93. The lowest BCUT2D eigenvalue weighted by molar-refractivity contribution is -0.140. The first-order valence-electron chi connectivity index (χ1n) is 5.44. The van der Waals surface area contributed by atoms with Crippen molar-refractivity contribution >= 4 is 5.97 Å². The maximum Gasteiger partial charge on any atom is 0.314 e. The summed E-state index contributed by atoms with van der Waals surface area (Å²) >= 11 is 0. The molecule has 1 heterocycles. The lowest BCUT2D eigenvalue weighted by Crippen LogP contribution is -2.22. The largest absolute Gasteiger partial charge is 0.492 e. The highest BCUT2D eigenvalue weighted by Crippen LogP contribution is 2.54. The number of hydrogen-bond acceptors (Lipinski definition) is 2.